The van der Waals surface area contributed by atoms with Crippen molar-refractivity contribution in [3.05, 3.63) is 35.4 Å². The summed E-state index contributed by atoms with van der Waals surface area (Å²) in [6.07, 6.45) is 2.38. The second-order valence-corrected chi connectivity index (χ2v) is 6.26. The molecule has 0 bridgehead atoms. The van der Waals surface area contributed by atoms with Crippen LogP contribution in [-0.4, -0.2) is 24.2 Å². The summed E-state index contributed by atoms with van der Waals surface area (Å²) in [6.45, 7) is 2.68. The number of thioether (sulfide) groups is 1. The molecule has 1 amide bonds. The van der Waals surface area contributed by atoms with Crippen molar-refractivity contribution in [1.29, 1.82) is 0 Å². The normalized spacial score (nSPS) is 15.3. The number of hydrogen-bond donors (Lipinski definition) is 2. The van der Waals surface area contributed by atoms with Gasteiger partial charge in [0.15, 0.2) is 0 Å². The number of nitrogens with two attached hydrogens (primary N) is 1. The van der Waals surface area contributed by atoms with E-state index in [-0.39, 0.29) is 24.4 Å². The van der Waals surface area contributed by atoms with E-state index in [0.29, 0.717) is 12.5 Å². The third kappa shape index (κ3) is 5.00. The number of hydrogen-bond acceptors (Lipinski definition) is 3. The first-order valence-corrected chi connectivity index (χ1v) is 8.07. The first-order valence-electron chi connectivity index (χ1n) is 6.92. The Morgan fingerprint density at radius 1 is 1.40 bits per heavy atom. The van der Waals surface area contributed by atoms with Gasteiger partial charge in [0.05, 0.1) is 0 Å². The zero-order valence-corrected chi connectivity index (χ0v) is 13.4. The van der Waals surface area contributed by atoms with Crippen LogP contribution in [0.25, 0.3) is 0 Å². The molecule has 1 aromatic rings. The molecule has 0 saturated heterocycles. The highest BCUT2D eigenvalue weighted by atomic mass is 35.5. The summed E-state index contributed by atoms with van der Waals surface area (Å²) in [7, 11) is 0. The quantitative estimate of drug-likeness (QED) is 0.813. The average Bonchev–Trinajstić information content (AvgIpc) is 3.27. The lowest BCUT2D eigenvalue weighted by atomic mass is 10.1. The average molecular weight is 315 g/mol. The van der Waals surface area contributed by atoms with Crippen LogP contribution < -0.4 is 11.1 Å². The van der Waals surface area contributed by atoms with Crippen LogP contribution in [-0.2, 0) is 5.75 Å². The van der Waals surface area contributed by atoms with E-state index in [1.54, 1.807) is 0 Å². The lowest BCUT2D eigenvalue weighted by molar-refractivity contribution is 0.0933. The molecule has 5 heteroatoms. The number of rotatable bonds is 7. The van der Waals surface area contributed by atoms with E-state index in [9.17, 15) is 4.79 Å². The Hall–Kier alpha value is -0.710. The van der Waals surface area contributed by atoms with E-state index in [4.69, 9.17) is 5.73 Å². The van der Waals surface area contributed by atoms with Gasteiger partial charge >= 0.3 is 0 Å². The molecule has 0 heterocycles. The van der Waals surface area contributed by atoms with Crippen LogP contribution in [0.3, 0.4) is 0 Å². The van der Waals surface area contributed by atoms with Gasteiger partial charge in [-0.05, 0) is 42.2 Å². The molecular weight excluding hydrogens is 292 g/mol. The van der Waals surface area contributed by atoms with E-state index >= 15 is 0 Å². The maximum absolute atomic E-state index is 12.1. The SMILES string of the molecule is CCSCc1ccc(C(=O)NC(CN)C2CC2)cc1.Cl. The van der Waals surface area contributed by atoms with E-state index in [1.807, 2.05) is 36.0 Å². The molecule has 0 aliphatic heterocycles. The van der Waals surface area contributed by atoms with Crippen LogP contribution in [0.1, 0.15) is 35.7 Å². The van der Waals surface area contributed by atoms with Gasteiger partial charge in [-0.15, -0.1) is 12.4 Å². The summed E-state index contributed by atoms with van der Waals surface area (Å²) in [5, 5.41) is 3.04. The second-order valence-electron chi connectivity index (χ2n) is 4.99. The fourth-order valence-electron chi connectivity index (χ4n) is 2.09. The van der Waals surface area contributed by atoms with Gasteiger partial charge in [0.2, 0.25) is 0 Å². The van der Waals surface area contributed by atoms with Crippen molar-refractivity contribution in [1.82, 2.24) is 5.32 Å². The van der Waals surface area contributed by atoms with Crippen LogP contribution in [0.2, 0.25) is 0 Å². The molecule has 1 fully saturated rings. The van der Waals surface area contributed by atoms with Gasteiger partial charge in [-0.1, -0.05) is 19.1 Å². The Kier molecular flexibility index (Phi) is 7.41. The van der Waals surface area contributed by atoms with Crippen molar-refractivity contribution in [3.8, 4) is 0 Å². The Morgan fingerprint density at radius 2 is 2.05 bits per heavy atom. The summed E-state index contributed by atoms with van der Waals surface area (Å²) in [6, 6.07) is 8.02. The molecule has 1 unspecified atom stereocenters. The molecule has 1 aliphatic carbocycles. The Balaban J connectivity index is 0.00000200. The third-order valence-corrected chi connectivity index (χ3v) is 4.40. The molecule has 112 valence electrons. The summed E-state index contributed by atoms with van der Waals surface area (Å²) < 4.78 is 0. The second kappa shape index (κ2) is 8.55. The molecule has 3 N–H and O–H groups in total. The van der Waals surface area contributed by atoms with Crippen molar-refractivity contribution in [2.75, 3.05) is 12.3 Å². The monoisotopic (exact) mass is 314 g/mol. The molecular formula is C15H23ClN2OS. The molecule has 1 atom stereocenters. The maximum atomic E-state index is 12.1. The Labute approximate surface area is 131 Å². The number of carbonyl (C=O) groups excluding carboxylic acids is 1. The number of carbonyl (C=O) groups is 1. The van der Waals surface area contributed by atoms with E-state index in [2.05, 4.69) is 12.2 Å². The minimum atomic E-state index is -0.00274. The molecule has 1 aliphatic rings. The highest BCUT2D eigenvalue weighted by Gasteiger charge is 2.31. The van der Waals surface area contributed by atoms with Gasteiger partial charge in [-0.25, -0.2) is 0 Å². The third-order valence-electron chi connectivity index (χ3n) is 3.45. The van der Waals surface area contributed by atoms with Gasteiger partial charge in [0.25, 0.3) is 5.91 Å². The van der Waals surface area contributed by atoms with Crippen molar-refractivity contribution < 1.29 is 4.79 Å². The highest BCUT2D eigenvalue weighted by molar-refractivity contribution is 7.98. The van der Waals surface area contributed by atoms with Crippen molar-refractivity contribution in [2.24, 2.45) is 11.7 Å². The Morgan fingerprint density at radius 3 is 2.55 bits per heavy atom. The largest absolute Gasteiger partial charge is 0.348 e. The minimum Gasteiger partial charge on any atom is -0.348 e. The first kappa shape index (κ1) is 17.3. The van der Waals surface area contributed by atoms with Crippen LogP contribution in [0, 0.1) is 5.92 Å². The van der Waals surface area contributed by atoms with Crippen LogP contribution in [0.5, 0.6) is 0 Å². The predicted octanol–water partition coefficient (Wildman–Crippen LogP) is 2.83. The molecule has 0 radical (unpaired) electrons. The van der Waals surface area contributed by atoms with Gasteiger partial charge in [0, 0.05) is 23.9 Å². The maximum Gasteiger partial charge on any atom is 0.251 e. The number of halogens is 1. The lowest BCUT2D eigenvalue weighted by Crippen LogP contribution is -2.41. The van der Waals surface area contributed by atoms with E-state index in [0.717, 1.165) is 17.1 Å². The topological polar surface area (TPSA) is 55.1 Å². The van der Waals surface area contributed by atoms with Gasteiger partial charge in [-0.2, -0.15) is 11.8 Å². The number of amides is 1. The standard InChI is InChI=1S/C15H22N2OS.ClH/c1-2-19-10-11-3-5-13(6-4-11)15(18)17-14(9-16)12-7-8-12;/h3-6,12,14H,2,7-10,16H2,1H3,(H,17,18);1H. The van der Waals surface area contributed by atoms with Crippen LogP contribution >= 0.6 is 24.2 Å². The first-order chi connectivity index (χ1) is 9.24. The lowest BCUT2D eigenvalue weighted by Gasteiger charge is -2.16. The van der Waals surface area contributed by atoms with Crippen LogP contribution in [0.15, 0.2) is 24.3 Å². The minimum absolute atomic E-state index is 0. The Bertz CT molecular complexity index is 420. The predicted molar refractivity (Wildman–Crippen MR) is 88.6 cm³/mol. The van der Waals surface area contributed by atoms with Crippen molar-refractivity contribution >= 4 is 30.1 Å². The summed E-state index contributed by atoms with van der Waals surface area (Å²) in [4.78, 5) is 12.1. The molecule has 0 aromatic heterocycles. The molecule has 20 heavy (non-hydrogen) atoms. The molecule has 1 saturated carbocycles. The summed E-state index contributed by atoms with van der Waals surface area (Å²) >= 11 is 1.88. The number of benzene rings is 1. The smallest absolute Gasteiger partial charge is 0.251 e. The van der Waals surface area contributed by atoms with Crippen molar-refractivity contribution in [3.63, 3.8) is 0 Å². The highest BCUT2D eigenvalue weighted by Crippen LogP contribution is 2.32. The fourth-order valence-corrected chi connectivity index (χ4v) is 2.72. The molecule has 3 nitrogen and oxygen atoms in total. The van der Waals surface area contributed by atoms with Gasteiger partial charge < -0.3 is 11.1 Å². The van der Waals surface area contributed by atoms with E-state index < -0.39 is 0 Å². The van der Waals surface area contributed by atoms with Gasteiger partial charge in [-0.3, -0.25) is 4.79 Å². The fraction of sp³-hybridized carbons (Fsp3) is 0.533. The van der Waals surface area contributed by atoms with Gasteiger partial charge in [0.1, 0.15) is 0 Å². The zero-order valence-electron chi connectivity index (χ0n) is 11.8. The summed E-state index contributed by atoms with van der Waals surface area (Å²) in [5.74, 6) is 2.71. The molecule has 2 rings (SSSR count). The van der Waals surface area contributed by atoms with E-state index in [1.165, 1.54) is 18.4 Å². The molecule has 0 spiro atoms. The van der Waals surface area contributed by atoms with Crippen LogP contribution in [0.4, 0.5) is 0 Å². The van der Waals surface area contributed by atoms with Crippen molar-refractivity contribution in [2.45, 2.75) is 31.6 Å². The molecule has 1 aromatic carbocycles. The number of nitrogens with one attached hydrogen (secondary N) is 1. The zero-order chi connectivity index (χ0) is 13.7. The summed E-state index contributed by atoms with van der Waals surface area (Å²) in [5.41, 5.74) is 7.69.